The maximum absolute atomic E-state index is 10.2. The molecule has 0 heterocycles. The van der Waals surface area contributed by atoms with E-state index in [-0.39, 0.29) is 5.69 Å². The van der Waals surface area contributed by atoms with Gasteiger partial charge in [-0.05, 0) is 19.9 Å². The van der Waals surface area contributed by atoms with Crippen molar-refractivity contribution in [3.63, 3.8) is 0 Å². The van der Waals surface area contributed by atoms with E-state index in [1.807, 2.05) is 0 Å². The average molecular weight is 261 g/mol. The predicted molar refractivity (Wildman–Crippen MR) is 76.3 cm³/mol. The van der Waals surface area contributed by atoms with Crippen LogP contribution in [0.4, 0.5) is 5.69 Å². The van der Waals surface area contributed by atoms with Crippen molar-refractivity contribution in [2.45, 2.75) is 18.7 Å². The number of nitrogens with zero attached hydrogens (tertiary/aromatic N) is 1. The molecule has 0 aliphatic rings. The molecule has 0 atom stereocenters. The SMILES string of the molecule is Cc1cccc(C)c1.O=[N+]([O-])c1ccccc1S. The fourth-order valence-corrected chi connectivity index (χ4v) is 1.67. The second-order valence-corrected chi connectivity index (χ2v) is 4.39. The van der Waals surface area contributed by atoms with Gasteiger partial charge in [0.15, 0.2) is 0 Å². The largest absolute Gasteiger partial charge is 0.282 e. The Kier molecular flexibility index (Phi) is 5.39. The van der Waals surface area contributed by atoms with Gasteiger partial charge in [0.2, 0.25) is 0 Å². The molecule has 0 saturated heterocycles. The highest BCUT2D eigenvalue weighted by Crippen LogP contribution is 2.20. The zero-order chi connectivity index (χ0) is 13.5. The van der Waals surface area contributed by atoms with Gasteiger partial charge in [0.1, 0.15) is 0 Å². The molecule has 4 heteroatoms. The summed E-state index contributed by atoms with van der Waals surface area (Å²) in [5, 5.41) is 10.2. The van der Waals surface area contributed by atoms with E-state index in [1.54, 1.807) is 18.2 Å². The first-order valence-electron chi connectivity index (χ1n) is 5.46. The Morgan fingerprint density at radius 3 is 1.89 bits per heavy atom. The Bertz CT molecular complexity index is 524. The van der Waals surface area contributed by atoms with Gasteiger partial charge in [0, 0.05) is 6.07 Å². The van der Waals surface area contributed by atoms with E-state index >= 15 is 0 Å². The van der Waals surface area contributed by atoms with Crippen LogP contribution in [0.15, 0.2) is 53.4 Å². The topological polar surface area (TPSA) is 43.1 Å². The smallest absolute Gasteiger partial charge is 0.258 e. The highest BCUT2D eigenvalue weighted by Gasteiger charge is 2.07. The third-order valence-corrected chi connectivity index (χ3v) is 2.63. The van der Waals surface area contributed by atoms with Gasteiger partial charge in [0.05, 0.1) is 9.82 Å². The number of aryl methyl sites for hydroxylation is 2. The first-order chi connectivity index (χ1) is 8.50. The van der Waals surface area contributed by atoms with Crippen LogP contribution in [0.1, 0.15) is 11.1 Å². The average Bonchev–Trinajstić information content (AvgIpc) is 2.29. The summed E-state index contributed by atoms with van der Waals surface area (Å²) in [7, 11) is 0. The van der Waals surface area contributed by atoms with E-state index in [0.29, 0.717) is 4.90 Å². The molecule has 0 unspecified atom stereocenters. The second kappa shape index (κ2) is 6.81. The third kappa shape index (κ3) is 4.59. The third-order valence-electron chi connectivity index (χ3n) is 2.25. The number of para-hydroxylation sites is 1. The van der Waals surface area contributed by atoms with Crippen molar-refractivity contribution in [3.8, 4) is 0 Å². The number of nitro groups is 1. The fraction of sp³-hybridized carbons (Fsp3) is 0.143. The van der Waals surface area contributed by atoms with Crippen molar-refractivity contribution in [2.24, 2.45) is 0 Å². The maximum atomic E-state index is 10.2. The molecule has 0 bridgehead atoms. The van der Waals surface area contributed by atoms with Gasteiger partial charge in [-0.2, -0.15) is 0 Å². The van der Waals surface area contributed by atoms with Crippen LogP contribution >= 0.6 is 12.6 Å². The van der Waals surface area contributed by atoms with Crippen LogP contribution in [-0.2, 0) is 0 Å². The maximum Gasteiger partial charge on any atom is 0.282 e. The zero-order valence-corrected chi connectivity index (χ0v) is 11.2. The summed E-state index contributed by atoms with van der Waals surface area (Å²) >= 11 is 3.90. The van der Waals surface area contributed by atoms with Gasteiger partial charge >= 0.3 is 0 Å². The minimum atomic E-state index is -0.456. The highest BCUT2D eigenvalue weighted by molar-refractivity contribution is 7.80. The lowest BCUT2D eigenvalue weighted by Crippen LogP contribution is -1.87. The number of nitro benzene ring substituents is 1. The van der Waals surface area contributed by atoms with Gasteiger partial charge in [-0.1, -0.05) is 47.5 Å². The summed E-state index contributed by atoms with van der Waals surface area (Å²) in [4.78, 5) is 10.1. The predicted octanol–water partition coefficient (Wildman–Crippen LogP) is 4.19. The van der Waals surface area contributed by atoms with Crippen LogP contribution in [0.2, 0.25) is 0 Å². The van der Waals surface area contributed by atoms with Crippen LogP contribution in [0.3, 0.4) is 0 Å². The molecule has 0 amide bonds. The molecule has 94 valence electrons. The first kappa shape index (κ1) is 14.3. The molecule has 2 rings (SSSR count). The summed E-state index contributed by atoms with van der Waals surface area (Å²) < 4.78 is 0. The molecule has 0 N–H and O–H groups in total. The Morgan fingerprint density at radius 1 is 1.00 bits per heavy atom. The molecule has 2 aromatic rings. The van der Waals surface area contributed by atoms with Crippen molar-refractivity contribution >= 4 is 18.3 Å². The zero-order valence-electron chi connectivity index (χ0n) is 10.3. The van der Waals surface area contributed by atoms with Crippen LogP contribution in [0.25, 0.3) is 0 Å². The summed E-state index contributed by atoms with van der Waals surface area (Å²) in [6, 6.07) is 14.8. The highest BCUT2D eigenvalue weighted by atomic mass is 32.1. The Morgan fingerprint density at radius 2 is 1.56 bits per heavy atom. The molecule has 0 aliphatic heterocycles. The van der Waals surface area contributed by atoms with Crippen molar-refractivity contribution in [3.05, 3.63) is 69.8 Å². The second-order valence-electron chi connectivity index (χ2n) is 3.90. The molecule has 2 aromatic carbocycles. The van der Waals surface area contributed by atoms with Gasteiger partial charge < -0.3 is 0 Å². The summed E-state index contributed by atoms with van der Waals surface area (Å²) in [5.74, 6) is 0. The molecule has 0 aromatic heterocycles. The molecule has 18 heavy (non-hydrogen) atoms. The lowest BCUT2D eigenvalue weighted by molar-refractivity contribution is -0.387. The minimum Gasteiger partial charge on any atom is -0.258 e. The van der Waals surface area contributed by atoms with Gasteiger partial charge in [-0.25, -0.2) is 0 Å². The summed E-state index contributed by atoms with van der Waals surface area (Å²) in [6.45, 7) is 4.21. The van der Waals surface area contributed by atoms with E-state index in [2.05, 4.69) is 50.7 Å². The van der Waals surface area contributed by atoms with E-state index in [9.17, 15) is 10.1 Å². The van der Waals surface area contributed by atoms with E-state index in [4.69, 9.17) is 0 Å². The Balaban J connectivity index is 0.000000184. The number of benzene rings is 2. The van der Waals surface area contributed by atoms with E-state index in [1.165, 1.54) is 17.2 Å². The lowest BCUT2D eigenvalue weighted by atomic mass is 10.2. The lowest BCUT2D eigenvalue weighted by Gasteiger charge is -1.91. The molecule has 3 nitrogen and oxygen atoms in total. The number of hydrogen-bond donors (Lipinski definition) is 1. The minimum absolute atomic E-state index is 0.0471. The van der Waals surface area contributed by atoms with Gasteiger partial charge in [-0.15, -0.1) is 12.6 Å². The quantitative estimate of drug-likeness (QED) is 0.475. The van der Waals surface area contributed by atoms with Crippen molar-refractivity contribution < 1.29 is 4.92 Å². The number of thiol groups is 1. The van der Waals surface area contributed by atoms with Crippen molar-refractivity contribution in [1.29, 1.82) is 0 Å². The first-order valence-corrected chi connectivity index (χ1v) is 5.91. The van der Waals surface area contributed by atoms with Crippen molar-refractivity contribution in [2.75, 3.05) is 0 Å². The van der Waals surface area contributed by atoms with Crippen LogP contribution in [0, 0.1) is 24.0 Å². The standard InChI is InChI=1S/C8H10.C6H5NO2S/c1-7-4-3-5-8(2)6-7;8-7(9)5-3-1-2-4-6(5)10/h3-6H,1-2H3;1-4,10H. The number of rotatable bonds is 1. The van der Waals surface area contributed by atoms with Gasteiger partial charge in [0.25, 0.3) is 5.69 Å². The van der Waals surface area contributed by atoms with Crippen LogP contribution < -0.4 is 0 Å². The molecule has 0 radical (unpaired) electrons. The van der Waals surface area contributed by atoms with Gasteiger partial charge in [-0.3, -0.25) is 10.1 Å². The summed E-state index contributed by atoms with van der Waals surface area (Å²) in [6.07, 6.45) is 0. The Hall–Kier alpha value is -1.81. The Labute approximate surface area is 112 Å². The molecule has 0 spiro atoms. The normalized spacial score (nSPS) is 9.28. The van der Waals surface area contributed by atoms with Crippen LogP contribution in [0.5, 0.6) is 0 Å². The van der Waals surface area contributed by atoms with Crippen molar-refractivity contribution in [1.82, 2.24) is 0 Å². The van der Waals surface area contributed by atoms with E-state index < -0.39 is 4.92 Å². The fourth-order valence-electron chi connectivity index (χ4n) is 1.43. The molecule has 0 fully saturated rings. The molecular formula is C14H15NO2S. The van der Waals surface area contributed by atoms with Crippen LogP contribution in [-0.4, -0.2) is 4.92 Å². The van der Waals surface area contributed by atoms with E-state index in [0.717, 1.165) is 0 Å². The molecule has 0 saturated carbocycles. The monoisotopic (exact) mass is 261 g/mol. The molecular weight excluding hydrogens is 246 g/mol. The summed E-state index contributed by atoms with van der Waals surface area (Å²) in [5.41, 5.74) is 2.72. The number of hydrogen-bond acceptors (Lipinski definition) is 3. The molecule has 0 aliphatic carbocycles.